The van der Waals surface area contributed by atoms with Gasteiger partial charge in [0.25, 0.3) is 0 Å². The van der Waals surface area contributed by atoms with Gasteiger partial charge in [0.2, 0.25) is 7.37 Å². The Hall–Kier alpha value is -0.320. The van der Waals surface area contributed by atoms with Gasteiger partial charge in [0.1, 0.15) is 6.17 Å². The molecule has 10 heavy (non-hydrogen) atoms. The molecule has 0 aromatic rings. The summed E-state index contributed by atoms with van der Waals surface area (Å²) in [4.78, 5) is 0. The molecule has 1 fully saturated rings. The average Bonchev–Trinajstić information content (AvgIpc) is 2.05. The Morgan fingerprint density at radius 2 is 2.50 bits per heavy atom. The summed E-state index contributed by atoms with van der Waals surface area (Å²) in [7, 11) is -2.69. The second-order valence-electron chi connectivity index (χ2n) is 2.41. The van der Waals surface area contributed by atoms with Crippen LogP contribution in [0.3, 0.4) is 0 Å². The van der Waals surface area contributed by atoms with Crippen LogP contribution in [0, 0.1) is 12.3 Å². The van der Waals surface area contributed by atoms with E-state index in [4.69, 9.17) is 10.9 Å². The molecule has 0 radical (unpaired) electrons. The van der Waals surface area contributed by atoms with Crippen molar-refractivity contribution in [1.82, 2.24) is 0 Å². The summed E-state index contributed by atoms with van der Waals surface area (Å²) in [5, 5.41) is 0. The summed E-state index contributed by atoms with van der Waals surface area (Å²) >= 11 is 0. The van der Waals surface area contributed by atoms with Gasteiger partial charge in [-0.05, 0) is 0 Å². The number of halogens is 1. The predicted octanol–water partition coefficient (Wildman–Crippen LogP) is 1.26. The third-order valence-corrected chi connectivity index (χ3v) is 3.02. The van der Waals surface area contributed by atoms with Crippen molar-refractivity contribution >= 4 is 7.37 Å². The largest absolute Gasteiger partial charge is 0.309 e. The van der Waals surface area contributed by atoms with Crippen molar-refractivity contribution in [3.63, 3.8) is 0 Å². The van der Waals surface area contributed by atoms with E-state index in [-0.39, 0.29) is 6.16 Å². The van der Waals surface area contributed by atoms with Crippen molar-refractivity contribution < 1.29 is 13.5 Å². The predicted molar refractivity (Wildman–Crippen MR) is 37.0 cm³/mol. The van der Waals surface area contributed by atoms with Crippen LogP contribution in [0.2, 0.25) is 0 Å². The highest BCUT2D eigenvalue weighted by atomic mass is 31.2. The van der Waals surface area contributed by atoms with Gasteiger partial charge in [-0.2, -0.15) is 0 Å². The minimum absolute atomic E-state index is 0.0398. The minimum atomic E-state index is -2.69. The molecule has 1 aliphatic heterocycles. The van der Waals surface area contributed by atoms with Gasteiger partial charge in [-0.15, -0.1) is 6.42 Å². The highest BCUT2D eigenvalue weighted by molar-refractivity contribution is 7.58. The molecule has 0 aromatic heterocycles. The summed E-state index contributed by atoms with van der Waals surface area (Å²) in [6, 6.07) is 0. The highest BCUT2D eigenvalue weighted by Crippen LogP contribution is 2.51. The summed E-state index contributed by atoms with van der Waals surface area (Å²) in [5.74, 6) is 2.10. The smallest absolute Gasteiger partial charge is 0.204 e. The van der Waals surface area contributed by atoms with Crippen LogP contribution in [-0.4, -0.2) is 25.1 Å². The fourth-order valence-electron chi connectivity index (χ4n) is 0.897. The normalized spacial score (nSPS) is 46.9. The van der Waals surface area contributed by atoms with Gasteiger partial charge < -0.3 is 4.52 Å². The second-order valence-corrected chi connectivity index (χ2v) is 5.01. The highest BCUT2D eigenvalue weighted by Gasteiger charge is 2.39. The molecule has 0 N–H and O–H groups in total. The van der Waals surface area contributed by atoms with Gasteiger partial charge in [0, 0.05) is 6.66 Å². The molecule has 2 nitrogen and oxygen atoms in total. The van der Waals surface area contributed by atoms with Gasteiger partial charge in [0.15, 0.2) is 6.10 Å². The van der Waals surface area contributed by atoms with E-state index in [2.05, 4.69) is 5.92 Å². The summed E-state index contributed by atoms with van der Waals surface area (Å²) < 4.78 is 28.4. The molecular formula is C6H8FO2P. The van der Waals surface area contributed by atoms with Crippen molar-refractivity contribution in [3.05, 3.63) is 0 Å². The molecular weight excluding hydrogens is 154 g/mol. The van der Waals surface area contributed by atoms with E-state index < -0.39 is 19.6 Å². The van der Waals surface area contributed by atoms with Gasteiger partial charge in [0.05, 0.1) is 6.16 Å². The van der Waals surface area contributed by atoms with E-state index in [0.29, 0.717) is 0 Å². The maximum atomic E-state index is 12.6. The van der Waals surface area contributed by atoms with Crippen LogP contribution in [0.1, 0.15) is 0 Å². The summed E-state index contributed by atoms with van der Waals surface area (Å²) in [6.07, 6.45) is 2.73. The first-order chi connectivity index (χ1) is 4.55. The topological polar surface area (TPSA) is 26.3 Å². The maximum Gasteiger partial charge on any atom is 0.204 e. The van der Waals surface area contributed by atoms with Crippen molar-refractivity contribution in [2.45, 2.75) is 12.3 Å². The Bertz CT molecular complexity index is 220. The Morgan fingerprint density at radius 1 is 1.90 bits per heavy atom. The number of terminal acetylenes is 1. The van der Waals surface area contributed by atoms with E-state index in [1.54, 1.807) is 0 Å². The lowest BCUT2D eigenvalue weighted by Gasteiger charge is -2.02. The number of rotatable bonds is 0. The summed E-state index contributed by atoms with van der Waals surface area (Å²) in [5.41, 5.74) is 0. The first kappa shape index (κ1) is 7.78. The van der Waals surface area contributed by atoms with Crippen molar-refractivity contribution in [2.24, 2.45) is 0 Å². The lowest BCUT2D eigenvalue weighted by atomic mass is 10.3. The van der Waals surface area contributed by atoms with Crippen LogP contribution in [0.5, 0.6) is 0 Å². The SMILES string of the molecule is C#CC1OP(C)(=O)CC1F. The lowest BCUT2D eigenvalue weighted by molar-refractivity contribution is 0.201. The number of alkyl halides is 1. The molecule has 3 unspecified atom stereocenters. The van der Waals surface area contributed by atoms with Crippen LogP contribution < -0.4 is 0 Å². The molecule has 1 aliphatic rings. The molecule has 0 saturated carbocycles. The third-order valence-electron chi connectivity index (χ3n) is 1.34. The minimum Gasteiger partial charge on any atom is -0.309 e. The Morgan fingerprint density at radius 3 is 2.70 bits per heavy atom. The Balaban J connectivity index is 2.73. The Kier molecular flexibility index (Phi) is 1.85. The van der Waals surface area contributed by atoms with Crippen LogP contribution in [-0.2, 0) is 9.09 Å². The number of hydrogen-bond acceptors (Lipinski definition) is 2. The number of hydrogen-bond donors (Lipinski definition) is 0. The van der Waals surface area contributed by atoms with Crippen molar-refractivity contribution in [3.8, 4) is 12.3 Å². The molecule has 56 valence electrons. The molecule has 1 heterocycles. The first-order valence-corrected chi connectivity index (χ1v) is 5.16. The zero-order valence-electron chi connectivity index (χ0n) is 5.58. The first-order valence-electron chi connectivity index (χ1n) is 2.90. The zero-order valence-corrected chi connectivity index (χ0v) is 6.48. The molecule has 0 amide bonds. The summed E-state index contributed by atoms with van der Waals surface area (Å²) in [6.45, 7) is 1.40. The van der Waals surface area contributed by atoms with E-state index in [0.717, 1.165) is 0 Å². The van der Waals surface area contributed by atoms with E-state index >= 15 is 0 Å². The monoisotopic (exact) mass is 162 g/mol. The van der Waals surface area contributed by atoms with Crippen molar-refractivity contribution in [1.29, 1.82) is 0 Å². The molecule has 0 bridgehead atoms. The van der Waals surface area contributed by atoms with Gasteiger partial charge in [-0.1, -0.05) is 5.92 Å². The molecule has 0 spiro atoms. The van der Waals surface area contributed by atoms with E-state index in [9.17, 15) is 8.96 Å². The zero-order chi connectivity index (χ0) is 7.78. The lowest BCUT2D eigenvalue weighted by Crippen LogP contribution is -2.15. The molecule has 4 heteroatoms. The van der Waals surface area contributed by atoms with E-state index in [1.165, 1.54) is 6.66 Å². The van der Waals surface area contributed by atoms with Crippen molar-refractivity contribution in [2.75, 3.05) is 12.8 Å². The average molecular weight is 162 g/mol. The third kappa shape index (κ3) is 1.39. The molecule has 1 saturated heterocycles. The Labute approximate surface area is 59.2 Å². The fourth-order valence-corrected chi connectivity index (χ4v) is 2.48. The van der Waals surface area contributed by atoms with Crippen LogP contribution >= 0.6 is 7.37 Å². The molecule has 3 atom stereocenters. The molecule has 0 aliphatic carbocycles. The van der Waals surface area contributed by atoms with Crippen LogP contribution in [0.4, 0.5) is 4.39 Å². The standard InChI is InChI=1S/C6H8FO2P/c1-3-6-5(7)4-10(2,8)9-6/h1,5-6H,4H2,2H3. The van der Waals surface area contributed by atoms with Gasteiger partial charge >= 0.3 is 0 Å². The van der Waals surface area contributed by atoms with Gasteiger partial charge in [-0.3, -0.25) is 4.57 Å². The second kappa shape index (κ2) is 2.38. The quantitative estimate of drug-likeness (QED) is 0.396. The van der Waals surface area contributed by atoms with Crippen LogP contribution in [0.15, 0.2) is 0 Å². The maximum absolute atomic E-state index is 12.6. The van der Waals surface area contributed by atoms with Crippen LogP contribution in [0.25, 0.3) is 0 Å². The van der Waals surface area contributed by atoms with Gasteiger partial charge in [-0.25, -0.2) is 4.39 Å². The molecule has 0 aromatic carbocycles. The molecule has 1 rings (SSSR count). The van der Waals surface area contributed by atoms with E-state index in [1.807, 2.05) is 0 Å². The fraction of sp³-hybridized carbons (Fsp3) is 0.667.